The van der Waals surface area contributed by atoms with E-state index >= 15 is 0 Å². The monoisotopic (exact) mass is 268 g/mol. The number of phenols is 1. The molecule has 2 aromatic rings. The first-order chi connectivity index (χ1) is 8.88. The highest BCUT2D eigenvalue weighted by Crippen LogP contribution is 2.38. The lowest BCUT2D eigenvalue weighted by atomic mass is 10.2. The van der Waals surface area contributed by atoms with E-state index < -0.39 is 11.7 Å². The van der Waals surface area contributed by atoms with Crippen molar-refractivity contribution in [2.24, 2.45) is 0 Å². The number of halogens is 3. The molecule has 0 aliphatic carbocycles. The first-order valence-electron chi connectivity index (χ1n) is 5.51. The number of hydrogen-bond donors (Lipinski definition) is 1. The van der Waals surface area contributed by atoms with Crippen LogP contribution in [0.2, 0.25) is 0 Å². The number of para-hydroxylation sites is 1. The summed E-state index contributed by atoms with van der Waals surface area (Å²) in [5.41, 5.74) is -0.104. The summed E-state index contributed by atoms with van der Waals surface area (Å²) < 4.78 is 43.1. The second-order valence-corrected chi connectivity index (χ2v) is 4.05. The van der Waals surface area contributed by atoms with E-state index in [9.17, 15) is 18.3 Å². The standard InChI is InChI=1S/C14H11F3O2/c1-9-4-2-3-5-12(9)19-13-8-10(14(15,16)17)6-7-11(13)18/h2-8,18H,1H3. The van der Waals surface area contributed by atoms with Gasteiger partial charge in [0.15, 0.2) is 11.5 Å². The largest absolute Gasteiger partial charge is 0.504 e. The topological polar surface area (TPSA) is 29.5 Å². The molecular formula is C14H11F3O2. The van der Waals surface area contributed by atoms with Crippen molar-refractivity contribution < 1.29 is 23.0 Å². The Morgan fingerprint density at radius 3 is 2.32 bits per heavy atom. The van der Waals surface area contributed by atoms with E-state index in [1.165, 1.54) is 0 Å². The second-order valence-electron chi connectivity index (χ2n) is 4.05. The zero-order chi connectivity index (χ0) is 14.0. The first kappa shape index (κ1) is 13.3. The number of phenolic OH excluding ortho intramolecular Hbond substituents is 1. The third-order valence-corrected chi connectivity index (χ3v) is 2.60. The molecular weight excluding hydrogens is 257 g/mol. The first-order valence-corrected chi connectivity index (χ1v) is 5.51. The Hall–Kier alpha value is -2.17. The number of hydrogen-bond acceptors (Lipinski definition) is 2. The molecule has 0 unspecified atom stereocenters. The molecule has 0 aromatic heterocycles. The Morgan fingerprint density at radius 1 is 1.00 bits per heavy atom. The molecule has 0 saturated carbocycles. The van der Waals surface area contributed by atoms with Crippen LogP contribution >= 0.6 is 0 Å². The average molecular weight is 268 g/mol. The van der Waals surface area contributed by atoms with Crippen LogP contribution < -0.4 is 4.74 Å². The molecule has 2 aromatic carbocycles. The van der Waals surface area contributed by atoms with Gasteiger partial charge in [0.2, 0.25) is 0 Å². The van der Waals surface area contributed by atoms with Gasteiger partial charge >= 0.3 is 6.18 Å². The summed E-state index contributed by atoms with van der Waals surface area (Å²) in [5.74, 6) is -0.155. The van der Waals surface area contributed by atoms with Crippen molar-refractivity contribution in [1.29, 1.82) is 0 Å². The van der Waals surface area contributed by atoms with Crippen molar-refractivity contribution in [3.8, 4) is 17.2 Å². The fourth-order valence-corrected chi connectivity index (χ4v) is 1.56. The molecule has 0 saturated heterocycles. The van der Waals surface area contributed by atoms with Gasteiger partial charge in [-0.1, -0.05) is 18.2 Å². The van der Waals surface area contributed by atoms with Gasteiger partial charge in [0, 0.05) is 0 Å². The van der Waals surface area contributed by atoms with Crippen LogP contribution in [0.1, 0.15) is 11.1 Å². The maximum absolute atomic E-state index is 12.6. The molecule has 0 radical (unpaired) electrons. The molecule has 19 heavy (non-hydrogen) atoms. The summed E-state index contributed by atoms with van der Waals surface area (Å²) in [6, 6.07) is 9.43. The molecule has 0 spiro atoms. The number of aromatic hydroxyl groups is 1. The lowest BCUT2D eigenvalue weighted by Crippen LogP contribution is -2.04. The summed E-state index contributed by atoms with van der Waals surface area (Å²) in [6.45, 7) is 1.76. The van der Waals surface area contributed by atoms with Crippen LogP contribution in [-0.2, 0) is 6.18 Å². The van der Waals surface area contributed by atoms with Crippen molar-refractivity contribution in [3.63, 3.8) is 0 Å². The van der Waals surface area contributed by atoms with Crippen molar-refractivity contribution in [2.75, 3.05) is 0 Å². The van der Waals surface area contributed by atoms with Crippen molar-refractivity contribution >= 4 is 0 Å². The second kappa shape index (κ2) is 4.84. The zero-order valence-electron chi connectivity index (χ0n) is 10.0. The fourth-order valence-electron chi connectivity index (χ4n) is 1.56. The van der Waals surface area contributed by atoms with Crippen LogP contribution in [0.3, 0.4) is 0 Å². The van der Waals surface area contributed by atoms with Crippen molar-refractivity contribution in [3.05, 3.63) is 53.6 Å². The van der Waals surface area contributed by atoms with Crippen LogP contribution in [-0.4, -0.2) is 5.11 Å². The fraction of sp³-hybridized carbons (Fsp3) is 0.143. The Labute approximate surface area is 108 Å². The van der Waals surface area contributed by atoms with E-state index in [0.29, 0.717) is 5.75 Å². The Kier molecular flexibility index (Phi) is 3.38. The molecule has 5 heteroatoms. The molecule has 0 aliphatic heterocycles. The third kappa shape index (κ3) is 2.99. The van der Waals surface area contributed by atoms with Gasteiger partial charge in [-0.15, -0.1) is 0 Å². The maximum atomic E-state index is 12.6. The SMILES string of the molecule is Cc1ccccc1Oc1cc(C(F)(F)F)ccc1O. The summed E-state index contributed by atoms with van der Waals surface area (Å²) >= 11 is 0. The van der Waals surface area contributed by atoms with Crippen LogP contribution in [0.5, 0.6) is 17.2 Å². The Morgan fingerprint density at radius 2 is 1.68 bits per heavy atom. The molecule has 0 aliphatic rings. The molecule has 0 fully saturated rings. The number of benzene rings is 2. The lowest BCUT2D eigenvalue weighted by Gasteiger charge is -2.12. The molecule has 0 amide bonds. The van der Waals surface area contributed by atoms with E-state index in [1.54, 1.807) is 31.2 Å². The van der Waals surface area contributed by atoms with E-state index in [0.717, 1.165) is 23.8 Å². The predicted octanol–water partition coefficient (Wildman–Crippen LogP) is 4.51. The van der Waals surface area contributed by atoms with Crippen LogP contribution in [0.25, 0.3) is 0 Å². The molecule has 2 rings (SSSR count). The summed E-state index contributed by atoms with van der Waals surface area (Å²) in [7, 11) is 0. The maximum Gasteiger partial charge on any atom is 0.416 e. The van der Waals surface area contributed by atoms with Crippen LogP contribution in [0.15, 0.2) is 42.5 Å². The highest BCUT2D eigenvalue weighted by Gasteiger charge is 2.31. The minimum absolute atomic E-state index is 0.218. The summed E-state index contributed by atoms with van der Waals surface area (Å²) in [4.78, 5) is 0. The Bertz CT molecular complexity index is 591. The van der Waals surface area contributed by atoms with Crippen molar-refractivity contribution in [1.82, 2.24) is 0 Å². The molecule has 2 nitrogen and oxygen atoms in total. The van der Waals surface area contributed by atoms with E-state index in [2.05, 4.69) is 0 Å². The van der Waals surface area contributed by atoms with E-state index in [-0.39, 0.29) is 11.5 Å². The van der Waals surface area contributed by atoms with Gasteiger partial charge in [0.1, 0.15) is 5.75 Å². The Balaban J connectivity index is 2.38. The number of aryl methyl sites for hydroxylation is 1. The van der Waals surface area contributed by atoms with Gasteiger partial charge in [-0.05, 0) is 36.8 Å². The van der Waals surface area contributed by atoms with Gasteiger partial charge in [-0.2, -0.15) is 13.2 Å². The van der Waals surface area contributed by atoms with Gasteiger partial charge in [0.05, 0.1) is 5.56 Å². The normalized spacial score (nSPS) is 11.4. The minimum atomic E-state index is -4.47. The molecule has 1 N–H and O–H groups in total. The van der Waals surface area contributed by atoms with Crippen molar-refractivity contribution in [2.45, 2.75) is 13.1 Å². The number of ether oxygens (including phenoxy) is 1. The van der Waals surface area contributed by atoms with Gasteiger partial charge in [-0.3, -0.25) is 0 Å². The summed E-state index contributed by atoms with van der Waals surface area (Å²) in [6.07, 6.45) is -4.47. The van der Waals surface area contributed by atoms with Crippen LogP contribution in [0.4, 0.5) is 13.2 Å². The quantitative estimate of drug-likeness (QED) is 0.868. The van der Waals surface area contributed by atoms with Gasteiger partial charge in [-0.25, -0.2) is 0 Å². The number of alkyl halides is 3. The van der Waals surface area contributed by atoms with Gasteiger partial charge < -0.3 is 9.84 Å². The molecule has 0 bridgehead atoms. The van der Waals surface area contributed by atoms with Gasteiger partial charge in [0.25, 0.3) is 0 Å². The predicted molar refractivity (Wildman–Crippen MR) is 64.4 cm³/mol. The molecule has 0 atom stereocenters. The third-order valence-electron chi connectivity index (χ3n) is 2.60. The highest BCUT2D eigenvalue weighted by molar-refractivity contribution is 5.46. The smallest absolute Gasteiger partial charge is 0.416 e. The molecule has 0 heterocycles. The van der Waals surface area contributed by atoms with Crippen LogP contribution in [0, 0.1) is 6.92 Å². The highest BCUT2D eigenvalue weighted by atomic mass is 19.4. The number of rotatable bonds is 2. The zero-order valence-corrected chi connectivity index (χ0v) is 10.0. The minimum Gasteiger partial charge on any atom is -0.504 e. The lowest BCUT2D eigenvalue weighted by molar-refractivity contribution is -0.137. The summed E-state index contributed by atoms with van der Waals surface area (Å²) in [5, 5.41) is 9.56. The van der Waals surface area contributed by atoms with E-state index in [1.807, 2.05) is 0 Å². The molecule has 100 valence electrons. The van der Waals surface area contributed by atoms with E-state index in [4.69, 9.17) is 4.74 Å². The average Bonchev–Trinajstić information content (AvgIpc) is 2.33.